The maximum absolute atomic E-state index is 13.3. The monoisotopic (exact) mass is 502 g/mol. The Labute approximate surface area is 211 Å². The number of pyridine rings is 1. The molecule has 1 aromatic carbocycles. The van der Waals surface area contributed by atoms with Crippen molar-refractivity contribution < 1.29 is 18.3 Å². The topological polar surface area (TPSA) is 98.6 Å². The Hall–Kier alpha value is -3.92. The molecule has 2 N–H and O–H groups in total. The van der Waals surface area contributed by atoms with Crippen LogP contribution in [0.1, 0.15) is 70.6 Å². The molecular weight excluding hydrogens is 478 g/mol. The van der Waals surface area contributed by atoms with E-state index in [2.05, 4.69) is 9.97 Å². The fourth-order valence-corrected chi connectivity index (χ4v) is 6.06. The van der Waals surface area contributed by atoms with E-state index in [4.69, 9.17) is 15.6 Å². The Morgan fingerprint density at radius 1 is 1.14 bits per heavy atom. The summed E-state index contributed by atoms with van der Waals surface area (Å²) in [5.41, 5.74) is 11.1. The molecule has 1 aliphatic heterocycles. The zero-order valence-electron chi connectivity index (χ0n) is 20.1. The Bertz CT molecular complexity index is 1560. The van der Waals surface area contributed by atoms with Crippen LogP contribution in [-0.2, 0) is 5.54 Å². The first-order valence-electron chi connectivity index (χ1n) is 12.3. The van der Waals surface area contributed by atoms with Crippen molar-refractivity contribution in [1.29, 1.82) is 0 Å². The molecule has 4 heterocycles. The fraction of sp³-hybridized carbons (Fsp3) is 0.333. The molecule has 4 aromatic rings. The lowest BCUT2D eigenvalue weighted by Crippen LogP contribution is -2.44. The third-order valence-corrected chi connectivity index (χ3v) is 8.15. The summed E-state index contributed by atoms with van der Waals surface area (Å²) < 4.78 is 33.3. The van der Waals surface area contributed by atoms with Crippen LogP contribution in [0.5, 0.6) is 5.75 Å². The van der Waals surface area contributed by atoms with Crippen LogP contribution in [0.2, 0.25) is 0 Å². The van der Waals surface area contributed by atoms with Gasteiger partial charge in [-0.2, -0.15) is 13.9 Å². The molecule has 0 unspecified atom stereocenters. The van der Waals surface area contributed by atoms with Crippen molar-refractivity contribution in [3.8, 4) is 16.9 Å². The number of nitrogens with two attached hydrogens (primary N) is 1. The largest absolute Gasteiger partial charge is 0.434 e. The van der Waals surface area contributed by atoms with Crippen molar-refractivity contribution in [3.63, 3.8) is 0 Å². The lowest BCUT2D eigenvalue weighted by Gasteiger charge is -2.36. The minimum Gasteiger partial charge on any atom is -0.434 e. The number of hydrogen-bond acceptors (Lipinski definition) is 6. The molecule has 10 heteroatoms. The van der Waals surface area contributed by atoms with E-state index in [1.54, 1.807) is 41.0 Å². The quantitative estimate of drug-likeness (QED) is 0.444. The van der Waals surface area contributed by atoms with E-state index < -0.39 is 12.2 Å². The minimum atomic E-state index is -3.00. The van der Waals surface area contributed by atoms with Crippen molar-refractivity contribution in [2.75, 3.05) is 7.05 Å². The second-order valence-corrected chi connectivity index (χ2v) is 10.2. The predicted molar refractivity (Wildman–Crippen MR) is 130 cm³/mol. The molecule has 1 fully saturated rings. The number of carbonyl (C=O) groups excluding carboxylic acids is 1. The van der Waals surface area contributed by atoms with Crippen LogP contribution in [0.15, 0.2) is 48.9 Å². The molecule has 7 rings (SSSR count). The number of carbonyl (C=O) groups is 1. The maximum Gasteiger partial charge on any atom is 0.387 e. The Morgan fingerprint density at radius 2 is 1.92 bits per heavy atom. The Balaban J connectivity index is 1.37. The first-order chi connectivity index (χ1) is 17.8. The summed E-state index contributed by atoms with van der Waals surface area (Å²) in [7, 11) is 1.73. The number of nitrogens with zero attached hydrogens (tertiary/aromatic N) is 5. The summed E-state index contributed by atoms with van der Waals surface area (Å²) in [5.74, 6) is 0.140. The maximum atomic E-state index is 13.3. The van der Waals surface area contributed by atoms with Gasteiger partial charge in [0.2, 0.25) is 0 Å². The van der Waals surface area contributed by atoms with Gasteiger partial charge in [-0.15, -0.1) is 0 Å². The summed E-state index contributed by atoms with van der Waals surface area (Å²) in [6.45, 7) is -3.00. The van der Waals surface area contributed by atoms with Crippen LogP contribution in [0, 0.1) is 0 Å². The summed E-state index contributed by atoms with van der Waals surface area (Å²) in [5, 5.41) is 4.81. The van der Waals surface area contributed by atoms with Gasteiger partial charge in [0.1, 0.15) is 11.6 Å². The van der Waals surface area contributed by atoms with Crippen molar-refractivity contribution >= 4 is 11.4 Å². The molecule has 2 aliphatic carbocycles. The van der Waals surface area contributed by atoms with Crippen LogP contribution in [0.3, 0.4) is 0 Å². The van der Waals surface area contributed by atoms with E-state index in [1.165, 1.54) is 6.07 Å². The molecule has 2 bridgehead atoms. The number of benzene rings is 1. The molecular formula is C27H24F2N6O2. The minimum absolute atomic E-state index is 0.0268. The molecule has 0 radical (unpaired) electrons. The van der Waals surface area contributed by atoms with Gasteiger partial charge in [-0.3, -0.25) is 4.79 Å². The standard InChI is InChI=1S/C27H24F2N6O2/c1-34-19-11-17(21-16(24(34)36)4-2-5-20(21)37-26(28)29)22-18-10-14(6-9-35(18)33-23(19)22)15-12-31-25(32-13-15)27(30)7-3-8-27/h2,4-6,9-10,12-13,17,19,26H,3,7-8,11,30H2,1H3/t17-,19-/m1/s1. The van der Waals surface area contributed by atoms with Crippen LogP contribution in [0.4, 0.5) is 8.78 Å². The SMILES string of the molecule is CN1C(=O)c2cccc(OC(F)F)c2[C@H]2C[C@@H]1c1nn3ccc(-c4cnc(C5(N)CCC5)nc4)cc3c12. The van der Waals surface area contributed by atoms with E-state index >= 15 is 0 Å². The van der Waals surface area contributed by atoms with Crippen molar-refractivity contribution in [1.82, 2.24) is 24.5 Å². The fourth-order valence-electron chi connectivity index (χ4n) is 6.06. The van der Waals surface area contributed by atoms with Crippen molar-refractivity contribution in [2.24, 2.45) is 5.73 Å². The number of hydrogen-bond donors (Lipinski definition) is 1. The molecule has 3 aliphatic rings. The van der Waals surface area contributed by atoms with E-state index in [0.717, 1.165) is 47.2 Å². The average molecular weight is 503 g/mol. The van der Waals surface area contributed by atoms with Crippen molar-refractivity contribution in [3.05, 3.63) is 77.1 Å². The second kappa shape index (κ2) is 7.79. The number of alkyl halides is 2. The van der Waals surface area contributed by atoms with Crippen LogP contribution < -0.4 is 10.5 Å². The summed E-state index contributed by atoms with van der Waals surface area (Å²) in [6.07, 6.45) is 8.85. The smallest absolute Gasteiger partial charge is 0.387 e. The number of amides is 1. The molecule has 188 valence electrons. The molecule has 8 nitrogen and oxygen atoms in total. The zero-order valence-corrected chi connectivity index (χ0v) is 20.1. The molecule has 0 spiro atoms. The number of rotatable bonds is 4. The van der Waals surface area contributed by atoms with Gasteiger partial charge in [0.05, 0.1) is 22.8 Å². The highest BCUT2D eigenvalue weighted by Gasteiger charge is 2.46. The van der Waals surface area contributed by atoms with Crippen LogP contribution >= 0.6 is 0 Å². The highest BCUT2D eigenvalue weighted by Crippen LogP contribution is 2.53. The number of aromatic nitrogens is 4. The lowest BCUT2D eigenvalue weighted by molar-refractivity contribution is -0.0505. The first kappa shape index (κ1) is 22.3. The second-order valence-electron chi connectivity index (χ2n) is 10.2. The highest BCUT2D eigenvalue weighted by molar-refractivity contribution is 5.98. The molecule has 0 saturated heterocycles. The highest BCUT2D eigenvalue weighted by atomic mass is 19.3. The third kappa shape index (κ3) is 3.21. The van der Waals surface area contributed by atoms with E-state index in [0.29, 0.717) is 23.4 Å². The van der Waals surface area contributed by atoms with Crippen LogP contribution in [0.25, 0.3) is 16.6 Å². The number of ether oxygens (including phenoxy) is 1. The van der Waals surface area contributed by atoms with Gasteiger partial charge in [-0.05, 0) is 55.5 Å². The van der Waals surface area contributed by atoms with Gasteiger partial charge in [0.15, 0.2) is 0 Å². The molecule has 2 atom stereocenters. The average Bonchev–Trinajstić information content (AvgIpc) is 3.40. The van der Waals surface area contributed by atoms with E-state index in [1.807, 2.05) is 18.3 Å². The predicted octanol–water partition coefficient (Wildman–Crippen LogP) is 4.39. The normalized spacial score (nSPS) is 21.5. The Kier molecular flexibility index (Phi) is 4.69. The zero-order chi connectivity index (χ0) is 25.5. The van der Waals surface area contributed by atoms with Crippen molar-refractivity contribution in [2.45, 2.75) is 49.8 Å². The third-order valence-electron chi connectivity index (χ3n) is 8.15. The first-order valence-corrected chi connectivity index (χ1v) is 12.3. The van der Waals surface area contributed by atoms with Gasteiger partial charge >= 0.3 is 6.61 Å². The Morgan fingerprint density at radius 3 is 2.62 bits per heavy atom. The van der Waals surface area contributed by atoms with Gasteiger partial charge in [-0.25, -0.2) is 14.5 Å². The van der Waals surface area contributed by atoms with Gasteiger partial charge in [0.25, 0.3) is 5.91 Å². The lowest BCUT2D eigenvalue weighted by atomic mass is 9.77. The van der Waals surface area contributed by atoms with E-state index in [-0.39, 0.29) is 23.6 Å². The molecule has 37 heavy (non-hydrogen) atoms. The molecule has 3 aromatic heterocycles. The molecule has 1 amide bonds. The number of halogens is 2. The van der Waals surface area contributed by atoms with E-state index in [9.17, 15) is 13.6 Å². The number of fused-ring (bicyclic) bond motifs is 9. The summed E-state index contributed by atoms with van der Waals surface area (Å²) in [4.78, 5) is 24.0. The summed E-state index contributed by atoms with van der Waals surface area (Å²) >= 11 is 0. The molecule has 1 saturated carbocycles. The van der Waals surface area contributed by atoms with Crippen LogP contribution in [-0.4, -0.2) is 44.0 Å². The van der Waals surface area contributed by atoms with Gasteiger partial charge in [0, 0.05) is 53.8 Å². The van der Waals surface area contributed by atoms with Gasteiger partial charge < -0.3 is 15.4 Å². The van der Waals surface area contributed by atoms with Gasteiger partial charge in [-0.1, -0.05) is 6.07 Å². The summed E-state index contributed by atoms with van der Waals surface area (Å²) in [6, 6.07) is 8.44.